The molecule has 1 aliphatic rings. The van der Waals surface area contributed by atoms with Gasteiger partial charge in [-0.05, 0) is 12.3 Å². The first-order valence-corrected chi connectivity index (χ1v) is 4.88. The van der Waals surface area contributed by atoms with Crippen LogP contribution in [0.15, 0.2) is 24.3 Å². The van der Waals surface area contributed by atoms with E-state index in [1.165, 1.54) is 0 Å². The highest BCUT2D eigenvalue weighted by Crippen LogP contribution is 2.34. The van der Waals surface area contributed by atoms with E-state index in [1.807, 2.05) is 18.2 Å². The molecule has 2 unspecified atom stereocenters. The molecule has 3 heteroatoms. The number of allylic oxidation sites excluding steroid dienone is 3. The maximum Gasteiger partial charge on any atom is 0.0625 e. The third-order valence-electron chi connectivity index (χ3n) is 2.20. The largest absolute Gasteiger partial charge is 0.396 e. The van der Waals surface area contributed by atoms with Crippen LogP contribution in [-0.2, 0) is 0 Å². The molecule has 68 valence electrons. The first-order chi connectivity index (χ1) is 5.73. The second kappa shape index (κ2) is 4.21. The van der Waals surface area contributed by atoms with Gasteiger partial charge >= 0.3 is 0 Å². The third-order valence-corrected chi connectivity index (χ3v) is 3.37. The second-order valence-corrected chi connectivity index (χ2v) is 4.47. The normalized spacial score (nSPS) is 34.1. The molecule has 0 saturated carbocycles. The highest BCUT2D eigenvalue weighted by molar-refractivity contribution is 9.10. The van der Waals surface area contributed by atoms with Crippen molar-refractivity contribution < 1.29 is 5.11 Å². The van der Waals surface area contributed by atoms with E-state index in [-0.39, 0.29) is 10.9 Å². The van der Waals surface area contributed by atoms with E-state index in [9.17, 15) is 0 Å². The zero-order chi connectivity index (χ0) is 9.03. The van der Waals surface area contributed by atoms with E-state index in [2.05, 4.69) is 22.0 Å². The Labute approximate surface area is 81.3 Å². The number of hydrogen-bond donors (Lipinski definition) is 2. The number of aliphatic hydroxyl groups excluding tert-OH is 1. The van der Waals surface area contributed by atoms with Crippen molar-refractivity contribution >= 4 is 15.9 Å². The Balaban J connectivity index is 2.70. The Morgan fingerprint density at radius 1 is 1.50 bits per heavy atom. The average Bonchev–Trinajstić information content (AvgIpc) is 2.10. The molecule has 0 aromatic heterocycles. The molecule has 2 nitrogen and oxygen atoms in total. The lowest BCUT2D eigenvalue weighted by Crippen LogP contribution is -2.37. The van der Waals surface area contributed by atoms with Crippen LogP contribution in [0.1, 0.15) is 6.42 Å². The molecule has 0 fully saturated rings. The first-order valence-electron chi connectivity index (χ1n) is 4.09. The summed E-state index contributed by atoms with van der Waals surface area (Å²) in [5.74, 6) is 0.303. The molecule has 0 aromatic carbocycles. The molecule has 0 heterocycles. The van der Waals surface area contributed by atoms with Crippen LogP contribution >= 0.6 is 15.9 Å². The molecule has 0 aliphatic heterocycles. The summed E-state index contributed by atoms with van der Waals surface area (Å²) in [6.07, 6.45) is 8.86. The highest BCUT2D eigenvalue weighted by atomic mass is 79.9. The lowest BCUT2D eigenvalue weighted by molar-refractivity contribution is 0.262. The fraction of sp³-hybridized carbons (Fsp3) is 0.556. The van der Waals surface area contributed by atoms with Gasteiger partial charge in [0.05, 0.1) is 4.32 Å². The highest BCUT2D eigenvalue weighted by Gasteiger charge is 2.31. The lowest BCUT2D eigenvalue weighted by atomic mass is 9.86. The van der Waals surface area contributed by atoms with Crippen molar-refractivity contribution in [3.05, 3.63) is 24.3 Å². The smallest absolute Gasteiger partial charge is 0.0625 e. The van der Waals surface area contributed by atoms with Crippen molar-refractivity contribution in [3.8, 4) is 0 Å². The zero-order valence-electron chi connectivity index (χ0n) is 6.91. The minimum Gasteiger partial charge on any atom is -0.396 e. The minimum absolute atomic E-state index is 0.148. The van der Waals surface area contributed by atoms with Gasteiger partial charge in [-0.3, -0.25) is 0 Å². The summed E-state index contributed by atoms with van der Waals surface area (Å²) in [5.41, 5.74) is 5.64. The average molecular weight is 232 g/mol. The molecular weight excluding hydrogens is 218 g/mol. The molecule has 0 amide bonds. The maximum absolute atomic E-state index is 8.83. The van der Waals surface area contributed by atoms with Crippen LogP contribution in [0.25, 0.3) is 0 Å². The number of hydrogen-bond acceptors (Lipinski definition) is 2. The summed E-state index contributed by atoms with van der Waals surface area (Å²) in [6, 6.07) is 0. The Kier molecular flexibility index (Phi) is 3.50. The van der Waals surface area contributed by atoms with E-state index in [0.29, 0.717) is 12.5 Å². The molecule has 0 saturated heterocycles. The summed E-state index contributed by atoms with van der Waals surface area (Å²) in [7, 11) is 0. The van der Waals surface area contributed by atoms with Gasteiger partial charge in [-0.25, -0.2) is 0 Å². The van der Waals surface area contributed by atoms with Crippen LogP contribution < -0.4 is 5.73 Å². The van der Waals surface area contributed by atoms with Crippen molar-refractivity contribution in [1.82, 2.24) is 0 Å². The van der Waals surface area contributed by atoms with Gasteiger partial charge in [-0.2, -0.15) is 0 Å². The van der Waals surface area contributed by atoms with Gasteiger partial charge in [0.1, 0.15) is 0 Å². The van der Waals surface area contributed by atoms with Crippen molar-refractivity contribution in [2.24, 2.45) is 11.7 Å². The Morgan fingerprint density at radius 3 is 2.83 bits per heavy atom. The number of alkyl halides is 1. The molecule has 0 bridgehead atoms. The summed E-state index contributed by atoms with van der Waals surface area (Å²) in [4.78, 5) is 0. The van der Waals surface area contributed by atoms with E-state index >= 15 is 0 Å². The van der Waals surface area contributed by atoms with Crippen molar-refractivity contribution in [2.45, 2.75) is 10.7 Å². The molecule has 0 aromatic rings. The van der Waals surface area contributed by atoms with E-state index < -0.39 is 0 Å². The predicted octanol–water partition coefficient (Wildman–Crippen LogP) is 1.20. The summed E-state index contributed by atoms with van der Waals surface area (Å²) >= 11 is 3.59. The van der Waals surface area contributed by atoms with Crippen LogP contribution in [0, 0.1) is 5.92 Å². The van der Waals surface area contributed by atoms with Gasteiger partial charge in [0.15, 0.2) is 0 Å². The van der Waals surface area contributed by atoms with Crippen molar-refractivity contribution in [1.29, 1.82) is 0 Å². The monoisotopic (exact) mass is 231 g/mol. The number of rotatable bonds is 3. The van der Waals surface area contributed by atoms with Gasteiger partial charge < -0.3 is 10.8 Å². The number of halogens is 1. The topological polar surface area (TPSA) is 46.2 Å². The quantitative estimate of drug-likeness (QED) is 0.718. The number of aliphatic hydroxyl groups is 1. The molecule has 0 radical (unpaired) electrons. The minimum atomic E-state index is -0.148. The lowest BCUT2D eigenvalue weighted by Gasteiger charge is -2.31. The summed E-state index contributed by atoms with van der Waals surface area (Å²) < 4.78 is -0.148. The molecule has 12 heavy (non-hydrogen) atoms. The first kappa shape index (κ1) is 9.96. The summed E-state index contributed by atoms with van der Waals surface area (Å²) in [5, 5.41) is 8.83. The standard InChI is InChI=1S/C9H14BrNO/c10-9(7-11)5-2-1-3-8(9)4-6-12/h1-3,5,8,12H,4,6-7,11H2. The van der Waals surface area contributed by atoms with Gasteiger partial charge in [-0.15, -0.1) is 0 Å². The predicted molar refractivity (Wildman–Crippen MR) is 54.2 cm³/mol. The molecule has 3 N–H and O–H groups in total. The van der Waals surface area contributed by atoms with Gasteiger partial charge in [0, 0.05) is 13.2 Å². The van der Waals surface area contributed by atoms with Gasteiger partial charge in [-0.1, -0.05) is 40.2 Å². The van der Waals surface area contributed by atoms with Gasteiger partial charge in [0.2, 0.25) is 0 Å². The van der Waals surface area contributed by atoms with Crippen LogP contribution in [0.2, 0.25) is 0 Å². The molecule has 1 rings (SSSR count). The van der Waals surface area contributed by atoms with E-state index in [4.69, 9.17) is 10.8 Å². The molecule has 2 atom stereocenters. The summed E-state index contributed by atoms with van der Waals surface area (Å²) in [6.45, 7) is 0.759. The zero-order valence-corrected chi connectivity index (χ0v) is 8.50. The Morgan fingerprint density at radius 2 is 2.25 bits per heavy atom. The van der Waals surface area contributed by atoms with Crippen molar-refractivity contribution in [2.75, 3.05) is 13.2 Å². The second-order valence-electron chi connectivity index (χ2n) is 2.99. The number of nitrogens with two attached hydrogens (primary N) is 1. The maximum atomic E-state index is 8.83. The fourth-order valence-electron chi connectivity index (χ4n) is 1.39. The Hall–Kier alpha value is -0.120. The molecular formula is C9H14BrNO. The fourth-order valence-corrected chi connectivity index (χ4v) is 1.93. The SMILES string of the molecule is NCC1(Br)C=CC=CC1CCO. The van der Waals surface area contributed by atoms with Crippen LogP contribution in [0.3, 0.4) is 0 Å². The Bertz CT molecular complexity index is 203. The van der Waals surface area contributed by atoms with Crippen LogP contribution in [0.5, 0.6) is 0 Å². The van der Waals surface area contributed by atoms with Crippen LogP contribution in [0.4, 0.5) is 0 Å². The van der Waals surface area contributed by atoms with E-state index in [1.54, 1.807) is 0 Å². The van der Waals surface area contributed by atoms with E-state index in [0.717, 1.165) is 6.42 Å². The molecule has 1 aliphatic carbocycles. The van der Waals surface area contributed by atoms with Gasteiger partial charge in [0.25, 0.3) is 0 Å². The third kappa shape index (κ3) is 1.97. The molecule has 0 spiro atoms. The van der Waals surface area contributed by atoms with Crippen molar-refractivity contribution in [3.63, 3.8) is 0 Å². The van der Waals surface area contributed by atoms with Crippen LogP contribution in [-0.4, -0.2) is 22.6 Å².